The Morgan fingerprint density at radius 1 is 0.421 bits per heavy atom. The van der Waals surface area contributed by atoms with E-state index in [4.69, 9.17) is 9.97 Å². The predicted octanol–water partition coefficient (Wildman–Crippen LogP) is 9.43. The van der Waals surface area contributed by atoms with Crippen molar-refractivity contribution in [1.29, 1.82) is 0 Å². The lowest BCUT2D eigenvalue weighted by Crippen LogP contribution is -1.94. The van der Waals surface area contributed by atoms with Crippen molar-refractivity contribution in [2.75, 3.05) is 0 Å². The number of rotatable bonds is 3. The van der Waals surface area contributed by atoms with Crippen LogP contribution in [0.15, 0.2) is 134 Å². The van der Waals surface area contributed by atoms with Gasteiger partial charge in [0, 0.05) is 17.3 Å². The van der Waals surface area contributed by atoms with Crippen molar-refractivity contribution < 1.29 is 0 Å². The summed E-state index contributed by atoms with van der Waals surface area (Å²) < 4.78 is 0. The first kappa shape index (κ1) is 21.0. The van der Waals surface area contributed by atoms with Gasteiger partial charge in [0.2, 0.25) is 0 Å². The average molecular weight is 483 g/mol. The molecule has 0 unspecified atom stereocenters. The van der Waals surface area contributed by atoms with Crippen molar-refractivity contribution in [3.8, 4) is 56.0 Å². The highest BCUT2D eigenvalue weighted by molar-refractivity contribution is 6.18. The maximum absolute atomic E-state index is 5.11. The van der Waals surface area contributed by atoms with Crippen LogP contribution in [0, 0.1) is 0 Å². The molecule has 0 spiro atoms. The van der Waals surface area contributed by atoms with E-state index in [2.05, 4.69) is 121 Å². The van der Waals surface area contributed by atoms with Crippen LogP contribution in [0.5, 0.6) is 0 Å². The summed E-state index contributed by atoms with van der Waals surface area (Å²) >= 11 is 0. The minimum Gasteiger partial charge on any atom is -0.237 e. The van der Waals surface area contributed by atoms with Crippen LogP contribution in [0.1, 0.15) is 0 Å². The second kappa shape index (κ2) is 8.22. The molecule has 0 saturated heterocycles. The SMILES string of the molecule is c1ccc(-c2ccc3c(-c4ccnc(-c5ccc6c7c(cccc57)-c5ccccc5-6)n4)cccc3c2)cc1. The Kier molecular flexibility index (Phi) is 4.55. The number of nitrogens with zero attached hydrogens (tertiary/aromatic N) is 2. The van der Waals surface area contributed by atoms with Crippen molar-refractivity contribution >= 4 is 21.5 Å². The fourth-order valence-electron chi connectivity index (χ4n) is 5.96. The molecule has 1 aliphatic rings. The van der Waals surface area contributed by atoms with E-state index in [1.807, 2.05) is 12.3 Å². The summed E-state index contributed by atoms with van der Waals surface area (Å²) in [6, 6.07) is 45.3. The summed E-state index contributed by atoms with van der Waals surface area (Å²) in [5.74, 6) is 0.750. The van der Waals surface area contributed by atoms with E-state index in [1.54, 1.807) is 0 Å². The van der Waals surface area contributed by atoms with Gasteiger partial charge in [-0.3, -0.25) is 0 Å². The highest BCUT2D eigenvalue weighted by atomic mass is 14.9. The van der Waals surface area contributed by atoms with E-state index in [0.717, 1.165) is 22.6 Å². The van der Waals surface area contributed by atoms with Crippen molar-refractivity contribution in [2.24, 2.45) is 0 Å². The molecule has 0 aliphatic heterocycles. The smallest absolute Gasteiger partial charge is 0.160 e. The molecule has 7 aromatic rings. The summed E-state index contributed by atoms with van der Waals surface area (Å²) in [4.78, 5) is 9.85. The van der Waals surface area contributed by atoms with Gasteiger partial charge in [-0.15, -0.1) is 0 Å². The third-order valence-corrected chi connectivity index (χ3v) is 7.71. The van der Waals surface area contributed by atoms with E-state index in [0.29, 0.717) is 0 Å². The zero-order chi connectivity index (χ0) is 25.1. The van der Waals surface area contributed by atoms with E-state index in [-0.39, 0.29) is 0 Å². The van der Waals surface area contributed by atoms with Crippen LogP contribution < -0.4 is 0 Å². The summed E-state index contributed by atoms with van der Waals surface area (Å²) in [5.41, 5.74) is 10.7. The Balaban J connectivity index is 1.27. The van der Waals surface area contributed by atoms with Crippen LogP contribution in [0.4, 0.5) is 0 Å². The van der Waals surface area contributed by atoms with Gasteiger partial charge in [0.15, 0.2) is 5.82 Å². The van der Waals surface area contributed by atoms with Crippen LogP contribution in [-0.4, -0.2) is 9.97 Å². The minimum atomic E-state index is 0.750. The minimum absolute atomic E-state index is 0.750. The first-order chi connectivity index (χ1) is 18.8. The van der Waals surface area contributed by atoms with Gasteiger partial charge >= 0.3 is 0 Å². The van der Waals surface area contributed by atoms with E-state index < -0.39 is 0 Å². The average Bonchev–Trinajstić information content (AvgIpc) is 3.32. The van der Waals surface area contributed by atoms with E-state index >= 15 is 0 Å². The lowest BCUT2D eigenvalue weighted by molar-refractivity contribution is 1.19. The molecule has 1 aliphatic carbocycles. The van der Waals surface area contributed by atoms with E-state index in [9.17, 15) is 0 Å². The maximum Gasteiger partial charge on any atom is 0.160 e. The molecule has 0 fully saturated rings. The summed E-state index contributed by atoms with van der Waals surface area (Å²) in [7, 11) is 0. The van der Waals surface area contributed by atoms with E-state index in [1.165, 1.54) is 54.9 Å². The molecule has 2 nitrogen and oxygen atoms in total. The normalized spacial score (nSPS) is 11.7. The third kappa shape index (κ3) is 3.14. The molecule has 0 saturated carbocycles. The topological polar surface area (TPSA) is 25.8 Å². The zero-order valence-electron chi connectivity index (χ0n) is 20.6. The van der Waals surface area contributed by atoms with Gasteiger partial charge in [-0.1, -0.05) is 109 Å². The Bertz CT molecular complexity index is 1990. The molecule has 176 valence electrons. The number of fused-ring (bicyclic) bond motifs is 4. The molecule has 0 amide bonds. The zero-order valence-corrected chi connectivity index (χ0v) is 20.6. The summed E-state index contributed by atoms with van der Waals surface area (Å²) in [6.07, 6.45) is 1.88. The molecule has 0 radical (unpaired) electrons. The number of hydrogen-bond donors (Lipinski definition) is 0. The Morgan fingerprint density at radius 2 is 1.13 bits per heavy atom. The Hall–Kier alpha value is -5.08. The van der Waals surface area contributed by atoms with Crippen LogP contribution in [0.2, 0.25) is 0 Å². The second-order valence-corrected chi connectivity index (χ2v) is 9.81. The number of aromatic nitrogens is 2. The van der Waals surface area contributed by atoms with Gasteiger partial charge < -0.3 is 0 Å². The lowest BCUT2D eigenvalue weighted by atomic mass is 9.96. The second-order valence-electron chi connectivity index (χ2n) is 9.81. The van der Waals surface area contributed by atoms with Crippen molar-refractivity contribution in [3.05, 3.63) is 134 Å². The molecule has 0 N–H and O–H groups in total. The van der Waals surface area contributed by atoms with Crippen LogP contribution in [0.25, 0.3) is 77.6 Å². The van der Waals surface area contributed by atoms with Crippen molar-refractivity contribution in [1.82, 2.24) is 9.97 Å². The molecular formula is C36H22N2. The van der Waals surface area contributed by atoms with Crippen LogP contribution >= 0.6 is 0 Å². The van der Waals surface area contributed by atoms with Gasteiger partial charge in [0.1, 0.15) is 0 Å². The van der Waals surface area contributed by atoms with Crippen molar-refractivity contribution in [3.63, 3.8) is 0 Å². The first-order valence-corrected chi connectivity index (χ1v) is 12.9. The molecule has 1 heterocycles. The first-order valence-electron chi connectivity index (χ1n) is 12.9. The maximum atomic E-state index is 5.11. The quantitative estimate of drug-likeness (QED) is 0.251. The largest absolute Gasteiger partial charge is 0.237 e. The number of benzene rings is 6. The third-order valence-electron chi connectivity index (χ3n) is 7.71. The monoisotopic (exact) mass is 482 g/mol. The summed E-state index contributed by atoms with van der Waals surface area (Å²) in [5, 5.41) is 4.87. The van der Waals surface area contributed by atoms with Gasteiger partial charge in [0.05, 0.1) is 5.69 Å². The molecule has 38 heavy (non-hydrogen) atoms. The Morgan fingerprint density at radius 3 is 2.00 bits per heavy atom. The molecule has 0 atom stereocenters. The van der Waals surface area contributed by atoms with Crippen molar-refractivity contribution in [2.45, 2.75) is 0 Å². The highest BCUT2D eigenvalue weighted by Gasteiger charge is 2.22. The highest BCUT2D eigenvalue weighted by Crippen LogP contribution is 2.48. The van der Waals surface area contributed by atoms with Gasteiger partial charge in [-0.25, -0.2) is 9.97 Å². The molecule has 0 bridgehead atoms. The van der Waals surface area contributed by atoms with Crippen LogP contribution in [0.3, 0.4) is 0 Å². The lowest BCUT2D eigenvalue weighted by Gasteiger charge is -2.11. The Labute approximate surface area is 220 Å². The molecule has 6 aromatic carbocycles. The fraction of sp³-hybridized carbons (Fsp3) is 0. The standard InChI is InChI=1S/C36H22N2/c1-2-8-23(9-3-1)24-16-17-26-25(22-24)10-6-13-29(26)34-20-21-37-36(38-34)33-19-18-32-28-12-5-4-11-27(28)30-14-7-15-31(33)35(30)32/h1-22H. The number of hydrogen-bond acceptors (Lipinski definition) is 2. The molecule has 2 heteroatoms. The summed E-state index contributed by atoms with van der Waals surface area (Å²) in [6.45, 7) is 0. The molecular weight excluding hydrogens is 460 g/mol. The molecule has 8 rings (SSSR count). The fourth-order valence-corrected chi connectivity index (χ4v) is 5.96. The molecule has 1 aromatic heterocycles. The van der Waals surface area contributed by atoms with Crippen LogP contribution in [-0.2, 0) is 0 Å². The predicted molar refractivity (Wildman–Crippen MR) is 158 cm³/mol. The van der Waals surface area contributed by atoms with Gasteiger partial charge in [0.25, 0.3) is 0 Å². The van der Waals surface area contributed by atoms with Gasteiger partial charge in [-0.2, -0.15) is 0 Å². The van der Waals surface area contributed by atoms with Gasteiger partial charge in [-0.05, 0) is 73.1 Å².